The van der Waals surface area contributed by atoms with Crippen molar-refractivity contribution >= 4 is 17.7 Å². The van der Waals surface area contributed by atoms with E-state index in [9.17, 15) is 4.79 Å². The van der Waals surface area contributed by atoms with Crippen LogP contribution in [0.15, 0.2) is 16.5 Å². The summed E-state index contributed by atoms with van der Waals surface area (Å²) in [7, 11) is 1.36. The lowest BCUT2D eigenvalue weighted by Gasteiger charge is -2.27. The van der Waals surface area contributed by atoms with Gasteiger partial charge < -0.3 is 14.5 Å². The summed E-state index contributed by atoms with van der Waals surface area (Å²) in [6, 6.07) is 3.53. The van der Waals surface area contributed by atoms with Crippen LogP contribution < -0.4 is 5.32 Å². The third-order valence-electron chi connectivity index (χ3n) is 3.58. The smallest absolute Gasteiger partial charge is 0.373 e. The molecule has 1 N–H and O–H groups in total. The lowest BCUT2D eigenvalue weighted by atomic mass is 9.95. The Bertz CT molecular complexity index is 413. The van der Waals surface area contributed by atoms with Gasteiger partial charge in [0.25, 0.3) is 0 Å². The van der Waals surface area contributed by atoms with Crippen LogP contribution >= 0.6 is 11.8 Å². The van der Waals surface area contributed by atoms with Crippen molar-refractivity contribution in [2.24, 2.45) is 5.92 Å². The minimum absolute atomic E-state index is 0.285. The lowest BCUT2D eigenvalue weighted by Crippen LogP contribution is -2.31. The molecule has 5 heteroatoms. The van der Waals surface area contributed by atoms with Gasteiger partial charge in [-0.15, -0.1) is 0 Å². The van der Waals surface area contributed by atoms with Crippen molar-refractivity contribution in [2.45, 2.75) is 30.8 Å². The van der Waals surface area contributed by atoms with Crippen LogP contribution in [0.4, 0.5) is 0 Å². The summed E-state index contributed by atoms with van der Waals surface area (Å²) < 4.78 is 10.1. The third-order valence-corrected chi connectivity index (χ3v) is 4.95. The second-order valence-electron chi connectivity index (χ2n) is 4.86. The quantitative estimate of drug-likeness (QED) is 0.842. The first-order valence-corrected chi connectivity index (χ1v) is 7.75. The molecule has 1 unspecified atom stereocenters. The second kappa shape index (κ2) is 7.01. The van der Waals surface area contributed by atoms with E-state index in [1.165, 1.54) is 20.0 Å². The molecule has 0 saturated carbocycles. The van der Waals surface area contributed by atoms with Crippen molar-refractivity contribution in [1.29, 1.82) is 0 Å². The Balaban J connectivity index is 1.81. The van der Waals surface area contributed by atoms with E-state index in [-0.39, 0.29) is 5.76 Å². The minimum atomic E-state index is -0.414. The van der Waals surface area contributed by atoms with Crippen molar-refractivity contribution in [3.8, 4) is 0 Å². The molecule has 4 nitrogen and oxygen atoms in total. The summed E-state index contributed by atoms with van der Waals surface area (Å²) in [6.07, 6.45) is 2.50. The zero-order valence-corrected chi connectivity index (χ0v) is 12.3. The maximum absolute atomic E-state index is 11.3. The molecule has 106 valence electrons. The van der Waals surface area contributed by atoms with Gasteiger partial charge >= 0.3 is 5.97 Å². The molecular formula is C14H21NO3S. The highest BCUT2D eigenvalue weighted by Gasteiger charge is 2.20. The molecule has 0 aromatic carbocycles. The van der Waals surface area contributed by atoms with Crippen molar-refractivity contribution in [3.05, 3.63) is 23.7 Å². The summed E-state index contributed by atoms with van der Waals surface area (Å²) in [5.41, 5.74) is 0. The molecular weight excluding hydrogens is 262 g/mol. The predicted molar refractivity (Wildman–Crippen MR) is 76.4 cm³/mol. The Hall–Kier alpha value is -0.940. The first-order valence-electron chi connectivity index (χ1n) is 6.70. The van der Waals surface area contributed by atoms with Gasteiger partial charge in [-0.25, -0.2) is 4.79 Å². The number of hydrogen-bond donors (Lipinski definition) is 1. The fourth-order valence-electron chi connectivity index (χ4n) is 2.33. The van der Waals surface area contributed by atoms with E-state index in [1.54, 1.807) is 6.07 Å². The Morgan fingerprint density at radius 1 is 1.53 bits per heavy atom. The van der Waals surface area contributed by atoms with Gasteiger partial charge in [0.05, 0.1) is 12.9 Å². The first-order chi connectivity index (χ1) is 9.20. The fourth-order valence-corrected chi connectivity index (χ4v) is 3.46. The summed E-state index contributed by atoms with van der Waals surface area (Å²) in [5.74, 6) is 2.30. The number of piperidine rings is 1. The van der Waals surface area contributed by atoms with Gasteiger partial charge in [-0.05, 0) is 44.0 Å². The van der Waals surface area contributed by atoms with Crippen LogP contribution in [0.2, 0.25) is 0 Å². The second-order valence-corrected chi connectivity index (χ2v) is 6.23. The molecule has 1 atom stereocenters. The van der Waals surface area contributed by atoms with E-state index in [4.69, 9.17) is 4.42 Å². The number of thioether (sulfide) groups is 1. The molecule has 2 rings (SSSR count). The topological polar surface area (TPSA) is 51.5 Å². The van der Waals surface area contributed by atoms with E-state index in [1.807, 2.05) is 17.8 Å². The number of esters is 1. The SMILES string of the molecule is COC(=O)c1ccc(CSC(C)C2CCNCC2)o1. The van der Waals surface area contributed by atoms with Gasteiger partial charge in [0.2, 0.25) is 5.76 Å². The first kappa shape index (κ1) is 14.5. The van der Waals surface area contributed by atoms with Crippen LogP contribution in [-0.2, 0) is 10.5 Å². The largest absolute Gasteiger partial charge is 0.463 e. The number of nitrogens with one attached hydrogen (secondary N) is 1. The van der Waals surface area contributed by atoms with Gasteiger partial charge in [-0.1, -0.05) is 6.92 Å². The van der Waals surface area contributed by atoms with Crippen LogP contribution in [0.25, 0.3) is 0 Å². The molecule has 1 aromatic heterocycles. The maximum Gasteiger partial charge on any atom is 0.373 e. The van der Waals surface area contributed by atoms with Crippen molar-refractivity contribution in [1.82, 2.24) is 5.32 Å². The molecule has 0 radical (unpaired) electrons. The van der Waals surface area contributed by atoms with Crippen molar-refractivity contribution in [3.63, 3.8) is 0 Å². The fraction of sp³-hybridized carbons (Fsp3) is 0.643. The molecule has 19 heavy (non-hydrogen) atoms. The molecule has 1 saturated heterocycles. The van der Waals surface area contributed by atoms with E-state index in [0.29, 0.717) is 5.25 Å². The standard InChI is InChI=1S/C14H21NO3S/c1-10(11-5-7-15-8-6-11)19-9-12-3-4-13(18-12)14(16)17-2/h3-4,10-11,15H,5-9H2,1-2H3. The Morgan fingerprint density at radius 3 is 2.95 bits per heavy atom. The summed E-state index contributed by atoms with van der Waals surface area (Å²) in [4.78, 5) is 11.3. The highest BCUT2D eigenvalue weighted by Crippen LogP contribution is 2.29. The van der Waals surface area contributed by atoms with Crippen molar-refractivity contribution in [2.75, 3.05) is 20.2 Å². The molecule has 1 aliphatic heterocycles. The van der Waals surface area contributed by atoms with Crippen LogP contribution in [0, 0.1) is 5.92 Å². The molecule has 2 heterocycles. The van der Waals surface area contributed by atoms with E-state index < -0.39 is 5.97 Å². The van der Waals surface area contributed by atoms with E-state index in [2.05, 4.69) is 17.0 Å². The number of ether oxygens (including phenoxy) is 1. The van der Waals surface area contributed by atoms with Crippen LogP contribution in [-0.4, -0.2) is 31.4 Å². The van der Waals surface area contributed by atoms with E-state index >= 15 is 0 Å². The lowest BCUT2D eigenvalue weighted by molar-refractivity contribution is 0.0563. The number of furan rings is 1. The molecule has 1 aromatic rings. The average Bonchev–Trinajstić information content (AvgIpc) is 2.93. The number of carbonyl (C=O) groups is 1. The zero-order chi connectivity index (χ0) is 13.7. The highest BCUT2D eigenvalue weighted by molar-refractivity contribution is 7.99. The molecule has 1 aliphatic rings. The maximum atomic E-state index is 11.3. The molecule has 0 bridgehead atoms. The van der Waals surface area contributed by atoms with Crippen LogP contribution in [0.3, 0.4) is 0 Å². The van der Waals surface area contributed by atoms with Crippen molar-refractivity contribution < 1.29 is 13.9 Å². The highest BCUT2D eigenvalue weighted by atomic mass is 32.2. The average molecular weight is 283 g/mol. The van der Waals surface area contributed by atoms with Gasteiger partial charge in [-0.2, -0.15) is 11.8 Å². The minimum Gasteiger partial charge on any atom is -0.463 e. The molecule has 1 fully saturated rings. The molecule has 0 amide bonds. The van der Waals surface area contributed by atoms with Gasteiger partial charge in [0, 0.05) is 5.25 Å². The van der Waals surface area contributed by atoms with Gasteiger partial charge in [-0.3, -0.25) is 0 Å². The summed E-state index contributed by atoms with van der Waals surface area (Å²) in [6.45, 7) is 4.54. The predicted octanol–water partition coefficient (Wildman–Crippen LogP) is 2.69. The zero-order valence-electron chi connectivity index (χ0n) is 11.5. The monoisotopic (exact) mass is 283 g/mol. The Labute approximate surface area is 118 Å². The number of hydrogen-bond acceptors (Lipinski definition) is 5. The Kier molecular flexibility index (Phi) is 5.34. The third kappa shape index (κ3) is 4.01. The normalized spacial score (nSPS) is 18.2. The Morgan fingerprint density at radius 2 is 2.26 bits per heavy atom. The van der Waals surface area contributed by atoms with E-state index in [0.717, 1.165) is 30.5 Å². The molecule has 0 spiro atoms. The summed E-state index contributed by atoms with van der Waals surface area (Å²) in [5, 5.41) is 4.01. The number of carbonyl (C=O) groups excluding carboxylic acids is 1. The van der Waals surface area contributed by atoms with Crippen LogP contribution in [0.1, 0.15) is 36.1 Å². The summed E-state index contributed by atoms with van der Waals surface area (Å²) >= 11 is 1.90. The van der Waals surface area contributed by atoms with Gasteiger partial charge in [0.1, 0.15) is 5.76 Å². The number of methoxy groups -OCH3 is 1. The molecule has 0 aliphatic carbocycles. The van der Waals surface area contributed by atoms with Crippen LogP contribution in [0.5, 0.6) is 0 Å². The number of rotatable bonds is 5. The van der Waals surface area contributed by atoms with Gasteiger partial charge in [0.15, 0.2) is 0 Å².